The van der Waals surface area contributed by atoms with Crippen LogP contribution in [0.5, 0.6) is 0 Å². The van der Waals surface area contributed by atoms with E-state index in [0.717, 1.165) is 0 Å². The molecule has 8 heteroatoms. The zero-order valence-corrected chi connectivity index (χ0v) is 8.52. The molecular weight excluding hydrogens is 227 g/mol. The Kier molecular flexibility index (Phi) is 3.13. The van der Waals surface area contributed by atoms with Crippen LogP contribution in [0, 0.1) is 0 Å². The molecule has 92 valence electrons. The summed E-state index contributed by atoms with van der Waals surface area (Å²) in [7, 11) is 0. The van der Waals surface area contributed by atoms with E-state index in [1.807, 2.05) is 0 Å². The molecule has 0 bridgehead atoms. The zero-order valence-electron chi connectivity index (χ0n) is 8.52. The van der Waals surface area contributed by atoms with Crippen molar-refractivity contribution in [3.8, 4) is 0 Å². The Bertz CT molecular complexity index is 314. The third-order valence-electron chi connectivity index (χ3n) is 2.37. The fourth-order valence-electron chi connectivity index (χ4n) is 1.17. The van der Waals surface area contributed by atoms with Crippen LogP contribution in [0.4, 0.5) is 13.2 Å². The highest BCUT2D eigenvalue weighted by molar-refractivity contribution is 5.88. The van der Waals surface area contributed by atoms with Gasteiger partial charge in [-0.05, 0) is 6.92 Å². The molecule has 4 N–H and O–H groups in total. The largest absolute Gasteiger partial charge is 0.415 e. The highest BCUT2D eigenvalue weighted by atomic mass is 19.4. The number of hydrogen-bond donors (Lipinski definition) is 3. The first-order chi connectivity index (χ1) is 7.14. The van der Waals surface area contributed by atoms with Crippen molar-refractivity contribution in [2.45, 2.75) is 31.1 Å². The predicted molar refractivity (Wildman–Crippen MR) is 48.2 cm³/mol. The SMILES string of the molecule is CC(N)(C(=O)NC1CNC(=O)C1)C(F)(F)F. The van der Waals surface area contributed by atoms with Gasteiger partial charge in [0.15, 0.2) is 5.54 Å². The molecule has 0 aromatic heterocycles. The topological polar surface area (TPSA) is 84.2 Å². The second kappa shape index (κ2) is 3.93. The molecule has 1 heterocycles. The van der Waals surface area contributed by atoms with Crippen LogP contribution >= 0.6 is 0 Å². The van der Waals surface area contributed by atoms with Crippen molar-refractivity contribution in [3.05, 3.63) is 0 Å². The van der Waals surface area contributed by atoms with Gasteiger partial charge in [-0.25, -0.2) is 0 Å². The molecule has 0 aromatic rings. The fourth-order valence-corrected chi connectivity index (χ4v) is 1.17. The molecular formula is C8H12F3N3O2. The summed E-state index contributed by atoms with van der Waals surface area (Å²) < 4.78 is 37.1. The van der Waals surface area contributed by atoms with E-state index in [2.05, 4.69) is 10.6 Å². The van der Waals surface area contributed by atoms with Gasteiger partial charge in [0.1, 0.15) is 0 Å². The van der Waals surface area contributed by atoms with Gasteiger partial charge < -0.3 is 16.4 Å². The predicted octanol–water partition coefficient (Wildman–Crippen LogP) is -0.729. The molecule has 0 spiro atoms. The van der Waals surface area contributed by atoms with Gasteiger partial charge in [0, 0.05) is 13.0 Å². The summed E-state index contributed by atoms with van der Waals surface area (Å²) in [5.74, 6) is -1.64. The summed E-state index contributed by atoms with van der Waals surface area (Å²) in [6, 6.07) is -0.634. The Morgan fingerprint density at radius 1 is 1.56 bits per heavy atom. The number of carbonyl (C=O) groups is 2. The number of nitrogens with one attached hydrogen (secondary N) is 2. The molecule has 0 radical (unpaired) electrons. The zero-order chi connectivity index (χ0) is 12.6. The first-order valence-corrected chi connectivity index (χ1v) is 4.58. The summed E-state index contributed by atoms with van der Waals surface area (Å²) in [5.41, 5.74) is 1.96. The van der Waals surface area contributed by atoms with Crippen LogP contribution in [-0.2, 0) is 9.59 Å². The van der Waals surface area contributed by atoms with E-state index >= 15 is 0 Å². The molecule has 1 aliphatic heterocycles. The van der Waals surface area contributed by atoms with Gasteiger partial charge in [-0.1, -0.05) is 0 Å². The average molecular weight is 239 g/mol. The minimum absolute atomic E-state index is 0.0281. The average Bonchev–Trinajstić information content (AvgIpc) is 2.49. The highest BCUT2D eigenvalue weighted by Crippen LogP contribution is 2.28. The van der Waals surface area contributed by atoms with Gasteiger partial charge in [0.05, 0.1) is 6.04 Å². The van der Waals surface area contributed by atoms with E-state index in [4.69, 9.17) is 5.73 Å². The van der Waals surface area contributed by atoms with E-state index in [1.54, 1.807) is 0 Å². The van der Waals surface area contributed by atoms with Crippen molar-refractivity contribution in [2.75, 3.05) is 6.54 Å². The molecule has 1 aliphatic rings. The van der Waals surface area contributed by atoms with Gasteiger partial charge in [0.25, 0.3) is 0 Å². The Morgan fingerprint density at radius 2 is 2.12 bits per heavy atom. The molecule has 0 aliphatic carbocycles. The van der Waals surface area contributed by atoms with Crippen LogP contribution in [0.1, 0.15) is 13.3 Å². The fraction of sp³-hybridized carbons (Fsp3) is 0.750. The lowest BCUT2D eigenvalue weighted by atomic mass is 10.0. The lowest BCUT2D eigenvalue weighted by molar-refractivity contribution is -0.187. The second-order valence-electron chi connectivity index (χ2n) is 3.88. The smallest absolute Gasteiger partial charge is 0.354 e. The molecule has 0 aromatic carbocycles. The van der Waals surface area contributed by atoms with Crippen molar-refractivity contribution in [2.24, 2.45) is 5.73 Å². The molecule has 5 nitrogen and oxygen atoms in total. The van der Waals surface area contributed by atoms with E-state index in [9.17, 15) is 22.8 Å². The molecule has 2 amide bonds. The lowest BCUT2D eigenvalue weighted by Crippen LogP contribution is -2.62. The standard InChI is InChI=1S/C8H12F3N3O2/c1-7(12,8(9,10)11)6(16)14-4-2-5(15)13-3-4/h4H,2-3,12H2,1H3,(H,13,15)(H,14,16). The third kappa shape index (κ3) is 2.43. The van der Waals surface area contributed by atoms with E-state index in [1.165, 1.54) is 0 Å². The number of amides is 2. The van der Waals surface area contributed by atoms with Crippen LogP contribution in [-0.4, -0.2) is 36.1 Å². The maximum Gasteiger partial charge on any atom is 0.415 e. The Labute approximate surface area is 89.5 Å². The van der Waals surface area contributed by atoms with Crippen LogP contribution < -0.4 is 16.4 Å². The van der Waals surface area contributed by atoms with Crippen LogP contribution in [0.2, 0.25) is 0 Å². The van der Waals surface area contributed by atoms with Gasteiger partial charge in [-0.15, -0.1) is 0 Å². The Balaban J connectivity index is 2.62. The maximum atomic E-state index is 12.4. The number of nitrogens with two attached hydrogens (primary N) is 1. The lowest BCUT2D eigenvalue weighted by Gasteiger charge is -2.27. The minimum Gasteiger partial charge on any atom is -0.354 e. The van der Waals surface area contributed by atoms with Crippen molar-refractivity contribution >= 4 is 11.8 Å². The van der Waals surface area contributed by atoms with Gasteiger partial charge in [0.2, 0.25) is 11.8 Å². The number of hydrogen-bond acceptors (Lipinski definition) is 3. The van der Waals surface area contributed by atoms with Crippen LogP contribution in [0.25, 0.3) is 0 Å². The highest BCUT2D eigenvalue weighted by Gasteiger charge is 2.54. The Hall–Kier alpha value is -1.31. The van der Waals surface area contributed by atoms with Gasteiger partial charge >= 0.3 is 6.18 Å². The van der Waals surface area contributed by atoms with Crippen molar-refractivity contribution < 1.29 is 22.8 Å². The van der Waals surface area contributed by atoms with Crippen molar-refractivity contribution in [3.63, 3.8) is 0 Å². The normalized spacial score (nSPS) is 24.8. The summed E-state index contributed by atoms with van der Waals surface area (Å²) in [4.78, 5) is 22.0. The molecule has 1 rings (SSSR count). The minimum atomic E-state index is -4.83. The summed E-state index contributed by atoms with van der Waals surface area (Å²) in [5, 5.41) is 4.48. The maximum absolute atomic E-state index is 12.4. The van der Waals surface area contributed by atoms with Crippen LogP contribution in [0.15, 0.2) is 0 Å². The molecule has 16 heavy (non-hydrogen) atoms. The quantitative estimate of drug-likeness (QED) is 0.594. The number of halogens is 3. The van der Waals surface area contributed by atoms with E-state index < -0.39 is 23.7 Å². The number of alkyl halides is 3. The van der Waals surface area contributed by atoms with Crippen LogP contribution in [0.3, 0.4) is 0 Å². The molecule has 1 fully saturated rings. The molecule has 1 saturated heterocycles. The third-order valence-corrected chi connectivity index (χ3v) is 2.37. The van der Waals surface area contributed by atoms with Gasteiger partial charge in [-0.3, -0.25) is 9.59 Å². The van der Waals surface area contributed by atoms with Gasteiger partial charge in [-0.2, -0.15) is 13.2 Å². The Morgan fingerprint density at radius 3 is 2.50 bits per heavy atom. The number of carbonyl (C=O) groups excluding carboxylic acids is 2. The molecule has 0 saturated carbocycles. The second-order valence-corrected chi connectivity index (χ2v) is 3.88. The summed E-state index contributed by atoms with van der Waals surface area (Å²) in [6.07, 6.45) is -4.85. The first-order valence-electron chi connectivity index (χ1n) is 4.58. The summed E-state index contributed by atoms with van der Waals surface area (Å²) in [6.45, 7) is 0.713. The summed E-state index contributed by atoms with van der Waals surface area (Å²) >= 11 is 0. The number of rotatable bonds is 2. The molecule has 2 unspecified atom stereocenters. The molecule has 2 atom stereocenters. The van der Waals surface area contributed by atoms with E-state index in [0.29, 0.717) is 6.92 Å². The monoisotopic (exact) mass is 239 g/mol. The van der Waals surface area contributed by atoms with E-state index in [-0.39, 0.29) is 18.9 Å². The van der Waals surface area contributed by atoms with Crippen molar-refractivity contribution in [1.29, 1.82) is 0 Å². The first kappa shape index (κ1) is 12.8. The van der Waals surface area contributed by atoms with Crippen molar-refractivity contribution in [1.82, 2.24) is 10.6 Å².